The van der Waals surface area contributed by atoms with Gasteiger partial charge < -0.3 is 9.47 Å². The van der Waals surface area contributed by atoms with Gasteiger partial charge in [0.15, 0.2) is 0 Å². The molecule has 1 aromatic heterocycles. The normalized spacial score (nSPS) is 14.6. The third-order valence-corrected chi connectivity index (χ3v) is 12.6. The van der Waals surface area contributed by atoms with Crippen LogP contribution in [0.3, 0.4) is 0 Å². The average Bonchev–Trinajstić information content (AvgIpc) is 3.66. The van der Waals surface area contributed by atoms with E-state index in [0.717, 1.165) is 11.4 Å². The van der Waals surface area contributed by atoms with E-state index < -0.39 is 0 Å². The highest BCUT2D eigenvalue weighted by Gasteiger charge is 2.36. The predicted octanol–water partition coefficient (Wildman–Crippen LogP) is 14.0. The van der Waals surface area contributed by atoms with E-state index in [4.69, 9.17) is 0 Å². The van der Waals surface area contributed by atoms with Crippen LogP contribution in [0.25, 0.3) is 60.5 Å². The van der Waals surface area contributed by atoms with Crippen molar-refractivity contribution in [1.82, 2.24) is 4.57 Å². The lowest BCUT2D eigenvalue weighted by Gasteiger charge is -2.34. The molecule has 11 rings (SSSR count). The van der Waals surface area contributed by atoms with Gasteiger partial charge in [-0.2, -0.15) is 0 Å². The first kappa shape index (κ1) is 31.2. The van der Waals surface area contributed by atoms with Crippen LogP contribution in [-0.4, -0.2) is 4.57 Å². The fourth-order valence-electron chi connectivity index (χ4n) is 9.81. The van der Waals surface area contributed by atoms with E-state index in [1.54, 1.807) is 0 Å². The molecule has 0 spiro atoms. The van der Waals surface area contributed by atoms with Gasteiger partial charge in [-0.3, -0.25) is 0 Å². The fraction of sp³-hybridized carbons (Fsp3) is 0.115. The summed E-state index contributed by atoms with van der Waals surface area (Å²) in [5.41, 5.74) is 17.8. The molecule has 1 aliphatic carbocycles. The second kappa shape index (κ2) is 11.1. The largest absolute Gasteiger partial charge is 0.310 e. The van der Waals surface area contributed by atoms with Gasteiger partial charge in [-0.15, -0.1) is 0 Å². The number of para-hydroxylation sites is 2. The smallest absolute Gasteiger partial charge is 0.0582 e. The quantitative estimate of drug-likeness (QED) is 0.178. The van der Waals surface area contributed by atoms with Crippen molar-refractivity contribution in [3.63, 3.8) is 0 Å². The van der Waals surface area contributed by atoms with Crippen LogP contribution in [0.2, 0.25) is 0 Å². The van der Waals surface area contributed by atoms with E-state index in [1.165, 1.54) is 88.5 Å². The summed E-state index contributed by atoms with van der Waals surface area (Å²) in [6, 6.07) is 63.3. The van der Waals surface area contributed by atoms with E-state index in [9.17, 15) is 0 Å². The third-order valence-electron chi connectivity index (χ3n) is 12.6. The molecule has 9 aromatic rings. The van der Waals surface area contributed by atoms with Crippen LogP contribution in [-0.2, 0) is 10.8 Å². The highest BCUT2D eigenvalue weighted by molar-refractivity contribution is 6.12. The lowest BCUT2D eigenvalue weighted by molar-refractivity contribution is 0.630. The minimum atomic E-state index is -0.0872. The predicted molar refractivity (Wildman–Crippen MR) is 228 cm³/mol. The molecule has 1 aliphatic heterocycles. The average molecular weight is 693 g/mol. The number of benzene rings is 8. The summed E-state index contributed by atoms with van der Waals surface area (Å²) in [5.74, 6) is 0. The maximum atomic E-state index is 2.49. The first-order valence-electron chi connectivity index (χ1n) is 19.1. The molecule has 0 saturated heterocycles. The van der Waals surface area contributed by atoms with Gasteiger partial charge in [0.05, 0.1) is 22.4 Å². The number of fused-ring (bicyclic) bond motifs is 9. The van der Waals surface area contributed by atoms with Crippen molar-refractivity contribution < 1.29 is 0 Å². The molecule has 258 valence electrons. The zero-order valence-corrected chi connectivity index (χ0v) is 31.1. The Bertz CT molecular complexity index is 2990. The summed E-state index contributed by atoms with van der Waals surface area (Å²) in [6.45, 7) is 9.44. The van der Waals surface area contributed by atoms with Crippen molar-refractivity contribution in [3.8, 4) is 27.9 Å². The molecule has 2 nitrogen and oxygen atoms in total. The van der Waals surface area contributed by atoms with Crippen LogP contribution in [0.4, 0.5) is 17.1 Å². The third kappa shape index (κ3) is 4.23. The Kier molecular flexibility index (Phi) is 6.39. The summed E-state index contributed by atoms with van der Waals surface area (Å²) in [6.07, 6.45) is 0. The van der Waals surface area contributed by atoms with E-state index in [0.29, 0.717) is 0 Å². The van der Waals surface area contributed by atoms with Gasteiger partial charge >= 0.3 is 0 Å². The van der Waals surface area contributed by atoms with Gasteiger partial charge in [0.2, 0.25) is 0 Å². The Hall–Kier alpha value is -6.38. The molecule has 0 radical (unpaired) electrons. The monoisotopic (exact) mass is 692 g/mol. The first-order chi connectivity index (χ1) is 26.3. The second-order valence-electron chi connectivity index (χ2n) is 16.2. The van der Waals surface area contributed by atoms with Crippen molar-refractivity contribution in [2.45, 2.75) is 38.5 Å². The van der Waals surface area contributed by atoms with Gasteiger partial charge in [0.25, 0.3) is 0 Å². The van der Waals surface area contributed by atoms with Gasteiger partial charge in [-0.05, 0) is 98.4 Å². The lowest BCUT2D eigenvalue weighted by atomic mass is 9.75. The standard InChI is InChI=1S/C52H40N2/c1-51(2)43-18-8-7-16-39(43)40-29-28-37(32-46(40)51)53(47-22-11-14-34-13-5-6-15-38(34)47)36-26-23-33(24-27-36)35-25-30-48-42(31-35)41-17-12-20-45-50(41)54(48)49-21-10-9-19-44(49)52(45,3)4/h5-32H,1-4H3. The van der Waals surface area contributed by atoms with Crippen molar-refractivity contribution in [3.05, 3.63) is 192 Å². The van der Waals surface area contributed by atoms with E-state index in [2.05, 4.69) is 207 Å². The molecule has 0 N–H and O–H groups in total. The number of hydrogen-bond donors (Lipinski definition) is 0. The maximum absolute atomic E-state index is 2.49. The zero-order valence-electron chi connectivity index (χ0n) is 31.1. The maximum Gasteiger partial charge on any atom is 0.0582 e. The van der Waals surface area contributed by atoms with Crippen LogP contribution in [0.15, 0.2) is 170 Å². The summed E-state index contributed by atoms with van der Waals surface area (Å²) < 4.78 is 2.49. The van der Waals surface area contributed by atoms with E-state index in [1.807, 2.05) is 0 Å². The molecule has 2 heteroatoms. The topological polar surface area (TPSA) is 8.17 Å². The fourth-order valence-corrected chi connectivity index (χ4v) is 9.81. The molecule has 0 unspecified atom stereocenters. The van der Waals surface area contributed by atoms with E-state index >= 15 is 0 Å². The molecule has 8 aromatic carbocycles. The molecular formula is C52H40N2. The molecule has 0 saturated carbocycles. The van der Waals surface area contributed by atoms with Crippen LogP contribution >= 0.6 is 0 Å². The summed E-state index contributed by atoms with van der Waals surface area (Å²) >= 11 is 0. The Balaban J connectivity index is 1.05. The molecule has 0 atom stereocenters. The molecular weight excluding hydrogens is 653 g/mol. The van der Waals surface area contributed by atoms with Gasteiger partial charge in [-0.1, -0.05) is 149 Å². The van der Waals surface area contributed by atoms with Gasteiger partial charge in [0.1, 0.15) is 0 Å². The number of nitrogens with zero attached hydrogens (tertiary/aromatic N) is 2. The zero-order chi connectivity index (χ0) is 36.3. The summed E-state index contributed by atoms with van der Waals surface area (Å²) in [4.78, 5) is 2.44. The minimum Gasteiger partial charge on any atom is -0.310 e. The Morgan fingerprint density at radius 2 is 1.06 bits per heavy atom. The Morgan fingerprint density at radius 1 is 0.426 bits per heavy atom. The number of anilines is 3. The molecule has 0 fully saturated rings. The first-order valence-corrected chi connectivity index (χ1v) is 19.1. The molecule has 2 aliphatic rings. The van der Waals surface area contributed by atoms with Crippen LogP contribution in [0.5, 0.6) is 0 Å². The summed E-state index contributed by atoms with van der Waals surface area (Å²) in [7, 11) is 0. The number of aromatic nitrogens is 1. The number of rotatable bonds is 4. The molecule has 0 amide bonds. The van der Waals surface area contributed by atoms with Crippen molar-refractivity contribution in [2.24, 2.45) is 0 Å². The summed E-state index contributed by atoms with van der Waals surface area (Å²) in [5, 5.41) is 5.07. The van der Waals surface area contributed by atoms with Crippen LogP contribution in [0, 0.1) is 0 Å². The van der Waals surface area contributed by atoms with Crippen LogP contribution < -0.4 is 4.90 Å². The van der Waals surface area contributed by atoms with Crippen molar-refractivity contribution >= 4 is 49.6 Å². The van der Waals surface area contributed by atoms with E-state index in [-0.39, 0.29) is 10.8 Å². The van der Waals surface area contributed by atoms with Crippen LogP contribution in [0.1, 0.15) is 49.9 Å². The Labute approximate surface area is 316 Å². The van der Waals surface area contributed by atoms with Crippen molar-refractivity contribution in [1.29, 1.82) is 0 Å². The highest BCUT2D eigenvalue weighted by atomic mass is 15.1. The highest BCUT2D eigenvalue weighted by Crippen LogP contribution is 2.52. The Morgan fingerprint density at radius 3 is 1.93 bits per heavy atom. The SMILES string of the molecule is CC1(C)c2ccccc2-c2ccc(N(c3ccc(-c4ccc5c(c4)c4cccc6c4n5-c4ccccc4C6(C)C)cc3)c3cccc4ccccc34)cc21. The second-order valence-corrected chi connectivity index (χ2v) is 16.2. The lowest BCUT2D eigenvalue weighted by Crippen LogP contribution is -2.26. The van der Waals surface area contributed by atoms with Gasteiger partial charge in [-0.25, -0.2) is 0 Å². The molecule has 54 heavy (non-hydrogen) atoms. The van der Waals surface area contributed by atoms with Gasteiger partial charge in [0, 0.05) is 38.4 Å². The number of hydrogen-bond acceptors (Lipinski definition) is 1. The molecule has 2 heterocycles. The molecule has 0 bridgehead atoms. The van der Waals surface area contributed by atoms with Crippen molar-refractivity contribution in [2.75, 3.05) is 4.90 Å². The minimum absolute atomic E-state index is 0.0757.